The fraction of sp³-hybridized carbons (Fsp3) is 0.483. The molecule has 2 aliphatic rings. The molecule has 0 radical (unpaired) electrons. The molecule has 1 amide bonds. The first-order chi connectivity index (χ1) is 18.2. The highest BCUT2D eigenvalue weighted by Gasteiger charge is 2.20. The van der Waals surface area contributed by atoms with Crippen LogP contribution in [-0.2, 0) is 20.8 Å². The zero-order valence-electron chi connectivity index (χ0n) is 22.5. The van der Waals surface area contributed by atoms with E-state index in [1.165, 1.54) is 5.56 Å². The van der Waals surface area contributed by atoms with E-state index in [9.17, 15) is 9.59 Å². The van der Waals surface area contributed by atoms with Gasteiger partial charge in [0.1, 0.15) is 12.1 Å². The number of benzene rings is 2. The van der Waals surface area contributed by atoms with Crippen LogP contribution in [0.5, 0.6) is 0 Å². The summed E-state index contributed by atoms with van der Waals surface area (Å²) in [5, 5.41) is 13.0. The molecular formula is C29H39N5O4. The summed E-state index contributed by atoms with van der Waals surface area (Å²) in [5.41, 5.74) is 3.18. The third-order valence-electron chi connectivity index (χ3n) is 6.32. The second-order valence-corrected chi connectivity index (χ2v) is 10.7. The molecule has 1 fully saturated rings. The molecule has 0 saturated carbocycles. The number of ether oxygens (including phenoxy) is 2. The second-order valence-electron chi connectivity index (χ2n) is 10.7. The third-order valence-corrected chi connectivity index (χ3v) is 6.32. The van der Waals surface area contributed by atoms with Crippen molar-refractivity contribution in [2.75, 3.05) is 31.6 Å². The summed E-state index contributed by atoms with van der Waals surface area (Å²) in [7, 11) is 0. The lowest BCUT2D eigenvalue weighted by Gasteiger charge is -2.25. The average molecular weight is 522 g/mol. The van der Waals surface area contributed by atoms with Crippen molar-refractivity contribution in [2.45, 2.75) is 64.1 Å². The number of carbonyl (C=O) groups is 2. The lowest BCUT2D eigenvalue weighted by Crippen LogP contribution is -2.41. The highest BCUT2D eigenvalue weighted by atomic mass is 16.6. The minimum Gasteiger partial charge on any atom is -0.459 e. The Labute approximate surface area is 224 Å². The number of anilines is 1. The smallest absolute Gasteiger partial charge is 0.325 e. The van der Waals surface area contributed by atoms with E-state index in [-0.39, 0.29) is 24.7 Å². The first-order valence-corrected chi connectivity index (χ1v) is 13.3. The van der Waals surface area contributed by atoms with Crippen LogP contribution in [0.15, 0.2) is 53.5 Å². The van der Waals surface area contributed by atoms with E-state index < -0.39 is 11.6 Å². The lowest BCUT2D eigenvalue weighted by molar-refractivity contribution is -0.153. The second kappa shape index (κ2) is 13.0. The zero-order valence-corrected chi connectivity index (χ0v) is 22.5. The molecule has 0 aliphatic carbocycles. The third kappa shape index (κ3) is 8.65. The number of nitrogens with zero attached hydrogens (tertiary/aromatic N) is 1. The van der Waals surface area contributed by atoms with Crippen molar-refractivity contribution in [2.24, 2.45) is 4.99 Å². The van der Waals surface area contributed by atoms with Crippen molar-refractivity contribution >= 4 is 23.8 Å². The molecule has 204 valence electrons. The number of carbonyl (C=O) groups excluding carboxylic acids is 2. The molecule has 2 heterocycles. The van der Waals surface area contributed by atoms with Gasteiger partial charge in [-0.1, -0.05) is 24.3 Å². The van der Waals surface area contributed by atoms with Gasteiger partial charge >= 0.3 is 5.97 Å². The van der Waals surface area contributed by atoms with Crippen LogP contribution in [0.4, 0.5) is 5.69 Å². The minimum absolute atomic E-state index is 0.0975. The van der Waals surface area contributed by atoms with Gasteiger partial charge in [0, 0.05) is 49.6 Å². The number of rotatable bonds is 10. The minimum atomic E-state index is -0.584. The van der Waals surface area contributed by atoms with E-state index in [4.69, 9.17) is 9.47 Å². The van der Waals surface area contributed by atoms with Gasteiger partial charge < -0.3 is 25.4 Å². The van der Waals surface area contributed by atoms with Gasteiger partial charge in [-0.15, -0.1) is 0 Å². The summed E-state index contributed by atoms with van der Waals surface area (Å²) in [6, 6.07) is 15.7. The Balaban J connectivity index is 1.23. The monoisotopic (exact) mass is 521 g/mol. The number of amides is 1. The van der Waals surface area contributed by atoms with Crippen LogP contribution in [0.2, 0.25) is 0 Å². The van der Waals surface area contributed by atoms with Crippen LogP contribution in [0.3, 0.4) is 0 Å². The summed E-state index contributed by atoms with van der Waals surface area (Å²) in [6.45, 7) is 8.48. The van der Waals surface area contributed by atoms with Crippen LogP contribution >= 0.6 is 0 Å². The molecule has 9 nitrogen and oxygen atoms in total. The van der Waals surface area contributed by atoms with Gasteiger partial charge in [-0.25, -0.2) is 0 Å². The molecule has 4 rings (SSSR count). The standard InChI is InChI=1S/C29H39N5O4/c1-29(2,3)38-26(35)19-31-27(36)22-11-9-21(10-12-22)23-16-32-28(33-17-23)34-24-7-4-6-20(14-24)15-30-18-25-8-5-13-37-25/h4,6-7,9-12,14,16,23,25,28,30,33-34H,5,8,13,15,17-19H2,1-3H3,(H,31,36). The number of hydrogen-bond donors (Lipinski definition) is 4. The molecule has 3 unspecified atom stereocenters. The van der Waals surface area contributed by atoms with E-state index in [0.29, 0.717) is 18.2 Å². The molecular weight excluding hydrogens is 482 g/mol. The van der Waals surface area contributed by atoms with Crippen molar-refractivity contribution in [3.05, 3.63) is 65.2 Å². The Bertz CT molecular complexity index is 1110. The van der Waals surface area contributed by atoms with Crippen LogP contribution in [-0.4, -0.2) is 62.3 Å². The fourth-order valence-corrected chi connectivity index (χ4v) is 4.45. The Morgan fingerprint density at radius 2 is 1.97 bits per heavy atom. The van der Waals surface area contributed by atoms with Crippen molar-refractivity contribution in [3.8, 4) is 0 Å². The quantitative estimate of drug-likeness (QED) is 0.355. The molecule has 1 saturated heterocycles. The van der Waals surface area contributed by atoms with Crippen LogP contribution in [0, 0.1) is 0 Å². The predicted molar refractivity (Wildman–Crippen MR) is 148 cm³/mol. The van der Waals surface area contributed by atoms with Gasteiger partial charge in [0.05, 0.1) is 6.10 Å². The molecule has 0 aromatic heterocycles. The normalized spacial score (nSPS) is 21.2. The number of esters is 1. The summed E-state index contributed by atoms with van der Waals surface area (Å²) in [5.74, 6) is -0.681. The number of hydrogen-bond acceptors (Lipinski definition) is 8. The molecule has 0 spiro atoms. The van der Waals surface area contributed by atoms with Crippen LogP contribution < -0.4 is 21.3 Å². The van der Waals surface area contributed by atoms with E-state index in [2.05, 4.69) is 38.4 Å². The predicted octanol–water partition coefficient (Wildman–Crippen LogP) is 3.18. The Morgan fingerprint density at radius 1 is 1.16 bits per heavy atom. The van der Waals surface area contributed by atoms with Gasteiger partial charge in [-0.3, -0.25) is 19.9 Å². The van der Waals surface area contributed by atoms with E-state index in [0.717, 1.165) is 43.8 Å². The molecule has 9 heteroatoms. The molecule has 4 N–H and O–H groups in total. The number of aliphatic imine (C=N–C) groups is 1. The molecule has 2 aromatic carbocycles. The van der Waals surface area contributed by atoms with E-state index in [1.54, 1.807) is 32.9 Å². The van der Waals surface area contributed by atoms with Crippen LogP contribution in [0.1, 0.15) is 61.0 Å². The maximum Gasteiger partial charge on any atom is 0.325 e. The summed E-state index contributed by atoms with van der Waals surface area (Å²) < 4.78 is 10.9. The van der Waals surface area contributed by atoms with Gasteiger partial charge in [0.15, 0.2) is 6.29 Å². The van der Waals surface area contributed by atoms with Gasteiger partial charge in [-0.2, -0.15) is 0 Å². The Kier molecular flexibility index (Phi) is 9.49. The van der Waals surface area contributed by atoms with Crippen molar-refractivity contribution < 1.29 is 19.1 Å². The maximum atomic E-state index is 12.4. The highest BCUT2D eigenvalue weighted by molar-refractivity contribution is 5.96. The lowest BCUT2D eigenvalue weighted by atomic mass is 9.98. The highest BCUT2D eigenvalue weighted by Crippen LogP contribution is 2.19. The molecule has 3 atom stereocenters. The molecule has 2 aliphatic heterocycles. The topological polar surface area (TPSA) is 113 Å². The first-order valence-electron chi connectivity index (χ1n) is 13.3. The van der Waals surface area contributed by atoms with Gasteiger partial charge in [0.2, 0.25) is 0 Å². The molecule has 38 heavy (non-hydrogen) atoms. The Hall–Kier alpha value is -3.27. The first kappa shape index (κ1) is 27.8. The summed E-state index contributed by atoms with van der Waals surface area (Å²) in [6.07, 6.45) is 4.36. The van der Waals surface area contributed by atoms with Crippen molar-refractivity contribution in [1.29, 1.82) is 0 Å². The van der Waals surface area contributed by atoms with Gasteiger partial charge in [0.25, 0.3) is 5.91 Å². The molecule has 2 aromatic rings. The molecule has 0 bridgehead atoms. The largest absolute Gasteiger partial charge is 0.459 e. The maximum absolute atomic E-state index is 12.4. The van der Waals surface area contributed by atoms with Crippen molar-refractivity contribution in [3.63, 3.8) is 0 Å². The SMILES string of the molecule is CC(C)(C)OC(=O)CNC(=O)c1ccc(C2C=NC(Nc3cccc(CNCC4CCCO4)c3)NC2)cc1. The zero-order chi connectivity index (χ0) is 27.0. The van der Waals surface area contributed by atoms with Gasteiger partial charge in [-0.05, 0) is 69.0 Å². The summed E-state index contributed by atoms with van der Waals surface area (Å²) >= 11 is 0. The van der Waals surface area contributed by atoms with Crippen LogP contribution in [0.25, 0.3) is 0 Å². The van der Waals surface area contributed by atoms with E-state index in [1.807, 2.05) is 30.5 Å². The Morgan fingerprint density at radius 3 is 2.66 bits per heavy atom. The van der Waals surface area contributed by atoms with Crippen molar-refractivity contribution in [1.82, 2.24) is 16.0 Å². The summed E-state index contributed by atoms with van der Waals surface area (Å²) in [4.78, 5) is 28.9. The fourth-order valence-electron chi connectivity index (χ4n) is 4.45. The number of nitrogens with one attached hydrogen (secondary N) is 4. The van der Waals surface area contributed by atoms with E-state index >= 15 is 0 Å². The average Bonchev–Trinajstić information content (AvgIpc) is 3.41.